The number of hydrogen-bond acceptors (Lipinski definition) is 2. The van der Waals surface area contributed by atoms with Crippen molar-refractivity contribution < 1.29 is 4.79 Å². The molecule has 1 aromatic rings. The number of amides is 1. The van der Waals surface area contributed by atoms with Gasteiger partial charge in [-0.2, -0.15) is 5.10 Å². The fourth-order valence-electron chi connectivity index (χ4n) is 2.74. The van der Waals surface area contributed by atoms with Gasteiger partial charge in [-0.05, 0) is 42.6 Å². The van der Waals surface area contributed by atoms with E-state index in [0.29, 0.717) is 12.6 Å². The Kier molecular flexibility index (Phi) is 4.66. The number of aryl methyl sites for hydroxylation is 1. The smallest absolute Gasteiger partial charge is 0.244 e. The van der Waals surface area contributed by atoms with E-state index in [2.05, 4.69) is 21.0 Å². The Labute approximate surface area is 123 Å². The highest BCUT2D eigenvalue weighted by molar-refractivity contribution is 9.10. The number of hydrogen-bond donors (Lipinski definition) is 0. The Morgan fingerprint density at radius 3 is 2.53 bits per heavy atom. The highest BCUT2D eigenvalue weighted by Crippen LogP contribution is 2.23. The first-order valence-corrected chi connectivity index (χ1v) is 7.75. The van der Waals surface area contributed by atoms with Crippen molar-refractivity contribution >= 4 is 21.8 Å². The van der Waals surface area contributed by atoms with Gasteiger partial charge in [0.15, 0.2) is 0 Å². The molecule has 0 aliphatic heterocycles. The molecule has 0 radical (unpaired) electrons. The Hall–Kier alpha value is -0.840. The third-order valence-electron chi connectivity index (χ3n) is 4.09. The molecule has 0 aromatic carbocycles. The number of rotatable bonds is 3. The van der Waals surface area contributed by atoms with Gasteiger partial charge < -0.3 is 4.90 Å². The van der Waals surface area contributed by atoms with Gasteiger partial charge in [-0.1, -0.05) is 19.3 Å². The zero-order valence-electron chi connectivity index (χ0n) is 11.9. The van der Waals surface area contributed by atoms with Gasteiger partial charge in [0.05, 0.1) is 15.9 Å². The van der Waals surface area contributed by atoms with E-state index in [1.54, 1.807) is 4.68 Å². The summed E-state index contributed by atoms with van der Waals surface area (Å²) in [6.45, 7) is 4.27. The lowest BCUT2D eigenvalue weighted by Gasteiger charge is -2.31. The lowest BCUT2D eigenvalue weighted by Crippen LogP contribution is -2.40. The van der Waals surface area contributed by atoms with Crippen LogP contribution in [0.25, 0.3) is 0 Å². The lowest BCUT2D eigenvalue weighted by molar-refractivity contribution is -0.133. The van der Waals surface area contributed by atoms with Crippen molar-refractivity contribution in [2.75, 3.05) is 7.05 Å². The lowest BCUT2D eigenvalue weighted by atomic mass is 9.94. The minimum atomic E-state index is 0.157. The molecule has 1 heterocycles. The molecule has 0 N–H and O–H groups in total. The summed E-state index contributed by atoms with van der Waals surface area (Å²) in [5, 5.41) is 4.40. The summed E-state index contributed by atoms with van der Waals surface area (Å²) in [5.74, 6) is 0.157. The summed E-state index contributed by atoms with van der Waals surface area (Å²) in [6.07, 6.45) is 6.08. The van der Waals surface area contributed by atoms with Crippen molar-refractivity contribution in [3.8, 4) is 0 Å². The molecule has 0 saturated heterocycles. The molecule has 0 spiro atoms. The van der Waals surface area contributed by atoms with Crippen molar-refractivity contribution in [2.45, 2.75) is 58.5 Å². The van der Waals surface area contributed by atoms with Gasteiger partial charge in [-0.3, -0.25) is 9.48 Å². The average Bonchev–Trinajstić information content (AvgIpc) is 2.66. The fraction of sp³-hybridized carbons (Fsp3) is 0.714. The average molecular weight is 328 g/mol. The first-order valence-electron chi connectivity index (χ1n) is 6.96. The van der Waals surface area contributed by atoms with Crippen molar-refractivity contribution in [2.24, 2.45) is 0 Å². The molecule has 1 saturated carbocycles. The van der Waals surface area contributed by atoms with Gasteiger partial charge in [-0.25, -0.2) is 0 Å². The van der Waals surface area contributed by atoms with Gasteiger partial charge in [0, 0.05) is 13.1 Å². The van der Waals surface area contributed by atoms with Gasteiger partial charge >= 0.3 is 0 Å². The van der Waals surface area contributed by atoms with E-state index in [9.17, 15) is 4.79 Å². The SMILES string of the molecule is Cc1nn(CC(=O)N(C)C2CCCCC2)c(C)c1Br. The van der Waals surface area contributed by atoms with Crippen molar-refractivity contribution in [3.05, 3.63) is 15.9 Å². The summed E-state index contributed by atoms with van der Waals surface area (Å²) < 4.78 is 2.79. The second kappa shape index (κ2) is 6.07. The Morgan fingerprint density at radius 2 is 2.00 bits per heavy atom. The minimum absolute atomic E-state index is 0.157. The van der Waals surface area contributed by atoms with E-state index >= 15 is 0 Å². The maximum atomic E-state index is 12.3. The maximum Gasteiger partial charge on any atom is 0.244 e. The van der Waals surface area contributed by atoms with Crippen LogP contribution in [0.15, 0.2) is 4.47 Å². The molecule has 1 aliphatic carbocycles. The van der Waals surface area contributed by atoms with Crippen LogP contribution < -0.4 is 0 Å². The molecule has 1 aromatic heterocycles. The molecule has 0 unspecified atom stereocenters. The van der Waals surface area contributed by atoms with E-state index in [4.69, 9.17) is 0 Å². The maximum absolute atomic E-state index is 12.3. The highest BCUT2D eigenvalue weighted by atomic mass is 79.9. The molecular formula is C14H22BrN3O. The van der Waals surface area contributed by atoms with Crippen molar-refractivity contribution in [1.82, 2.24) is 14.7 Å². The second-order valence-corrected chi connectivity index (χ2v) is 6.23. The van der Waals surface area contributed by atoms with Gasteiger partial charge in [-0.15, -0.1) is 0 Å². The molecule has 4 nitrogen and oxygen atoms in total. The van der Waals surface area contributed by atoms with Crippen molar-refractivity contribution in [3.63, 3.8) is 0 Å². The molecular weight excluding hydrogens is 306 g/mol. The number of aromatic nitrogens is 2. The topological polar surface area (TPSA) is 38.1 Å². The molecule has 0 atom stereocenters. The standard InChI is InChI=1S/C14H22BrN3O/c1-10-14(15)11(2)18(16-10)9-13(19)17(3)12-7-5-4-6-8-12/h12H,4-9H2,1-3H3. The fourth-order valence-corrected chi connectivity index (χ4v) is 3.02. The summed E-state index contributed by atoms with van der Waals surface area (Å²) in [5.41, 5.74) is 1.95. The minimum Gasteiger partial charge on any atom is -0.341 e. The van der Waals surface area contributed by atoms with Crippen LogP contribution in [0, 0.1) is 13.8 Å². The number of likely N-dealkylation sites (N-methyl/N-ethyl adjacent to an activating group) is 1. The van der Waals surface area contributed by atoms with Gasteiger partial charge in [0.2, 0.25) is 5.91 Å². The molecule has 2 rings (SSSR count). The summed E-state index contributed by atoms with van der Waals surface area (Å²) >= 11 is 3.50. The molecule has 1 aliphatic rings. The molecule has 106 valence electrons. The van der Waals surface area contributed by atoms with Crippen LogP contribution in [0.5, 0.6) is 0 Å². The van der Waals surface area contributed by atoms with Crippen LogP contribution in [0.1, 0.15) is 43.5 Å². The number of nitrogens with zero attached hydrogens (tertiary/aromatic N) is 3. The quantitative estimate of drug-likeness (QED) is 0.855. The molecule has 5 heteroatoms. The van der Waals surface area contributed by atoms with Crippen LogP contribution in [0.3, 0.4) is 0 Å². The third-order valence-corrected chi connectivity index (χ3v) is 5.24. The molecule has 1 fully saturated rings. The molecule has 19 heavy (non-hydrogen) atoms. The number of carbonyl (C=O) groups excluding carboxylic acids is 1. The van der Waals surface area contributed by atoms with Gasteiger partial charge in [0.25, 0.3) is 0 Å². The Bertz CT molecular complexity index is 464. The molecule has 0 bridgehead atoms. The predicted molar refractivity (Wildman–Crippen MR) is 79.0 cm³/mol. The summed E-state index contributed by atoms with van der Waals surface area (Å²) in [6, 6.07) is 0.418. The van der Waals surface area contributed by atoms with E-state index < -0.39 is 0 Å². The second-order valence-electron chi connectivity index (χ2n) is 5.44. The Balaban J connectivity index is 2.01. The third kappa shape index (κ3) is 3.19. The predicted octanol–water partition coefficient (Wildman–Crippen LogP) is 3.05. The zero-order chi connectivity index (χ0) is 14.0. The van der Waals surface area contributed by atoms with Crippen LogP contribution in [-0.4, -0.2) is 33.7 Å². The van der Waals surface area contributed by atoms with E-state index in [1.807, 2.05) is 25.8 Å². The number of halogens is 1. The van der Waals surface area contributed by atoms with Crippen molar-refractivity contribution in [1.29, 1.82) is 0 Å². The Morgan fingerprint density at radius 1 is 1.37 bits per heavy atom. The van der Waals surface area contributed by atoms with E-state index in [-0.39, 0.29) is 5.91 Å². The van der Waals surface area contributed by atoms with Crippen LogP contribution in [-0.2, 0) is 11.3 Å². The highest BCUT2D eigenvalue weighted by Gasteiger charge is 2.23. The summed E-state index contributed by atoms with van der Waals surface area (Å²) in [4.78, 5) is 14.3. The first kappa shape index (κ1) is 14.6. The van der Waals surface area contributed by atoms with E-state index in [0.717, 1.165) is 28.7 Å². The normalized spacial score (nSPS) is 16.6. The zero-order valence-corrected chi connectivity index (χ0v) is 13.5. The van der Waals surface area contributed by atoms with Crippen LogP contribution >= 0.6 is 15.9 Å². The molecule has 1 amide bonds. The largest absolute Gasteiger partial charge is 0.341 e. The number of carbonyl (C=O) groups is 1. The van der Waals surface area contributed by atoms with Gasteiger partial charge in [0.1, 0.15) is 6.54 Å². The summed E-state index contributed by atoms with van der Waals surface area (Å²) in [7, 11) is 1.93. The van der Waals surface area contributed by atoms with E-state index in [1.165, 1.54) is 19.3 Å². The monoisotopic (exact) mass is 327 g/mol. The van der Waals surface area contributed by atoms with Crippen LogP contribution in [0.4, 0.5) is 0 Å². The first-order chi connectivity index (χ1) is 9.00. The van der Waals surface area contributed by atoms with Crippen LogP contribution in [0.2, 0.25) is 0 Å².